The van der Waals surface area contributed by atoms with Crippen LogP contribution in [0.1, 0.15) is 0 Å². The third-order valence-corrected chi connectivity index (χ3v) is 1.95. The molecule has 0 aliphatic carbocycles. The standard InChI is InChI=1S/C6H12O7/c7-1-2-3(8)4(9)5(10)6(12-2)13-11/h2-11H,1H2/t2-,3-,4+,5+,6?/m1/s1. The zero-order valence-electron chi connectivity index (χ0n) is 6.65. The lowest BCUT2D eigenvalue weighted by Gasteiger charge is -2.37. The molecule has 0 radical (unpaired) electrons. The molecule has 5 atom stereocenters. The Labute approximate surface area is 73.7 Å². The largest absolute Gasteiger partial charge is 0.394 e. The summed E-state index contributed by atoms with van der Waals surface area (Å²) >= 11 is 0. The number of ether oxygens (including phenoxy) is 1. The second-order valence-corrected chi connectivity index (χ2v) is 2.80. The first-order valence-corrected chi connectivity index (χ1v) is 3.72. The molecule has 13 heavy (non-hydrogen) atoms. The SMILES string of the molecule is OC[C@H]1OC(OO)[C@@H](O)[C@@H](O)[C@@H]1O. The number of hydrogen-bond donors (Lipinski definition) is 5. The number of aliphatic hydroxyl groups is 4. The van der Waals surface area contributed by atoms with Gasteiger partial charge in [0.15, 0.2) is 0 Å². The van der Waals surface area contributed by atoms with Crippen LogP contribution in [0.3, 0.4) is 0 Å². The van der Waals surface area contributed by atoms with Crippen molar-refractivity contribution in [3.05, 3.63) is 0 Å². The van der Waals surface area contributed by atoms with Crippen molar-refractivity contribution in [2.75, 3.05) is 6.61 Å². The molecule has 0 aromatic heterocycles. The summed E-state index contributed by atoms with van der Waals surface area (Å²) in [6.45, 7) is -0.551. The van der Waals surface area contributed by atoms with Gasteiger partial charge in [0, 0.05) is 0 Å². The molecular weight excluding hydrogens is 184 g/mol. The predicted molar refractivity (Wildman–Crippen MR) is 37.5 cm³/mol. The highest BCUT2D eigenvalue weighted by atomic mass is 17.1. The quantitative estimate of drug-likeness (QED) is 0.240. The van der Waals surface area contributed by atoms with Crippen molar-refractivity contribution >= 4 is 0 Å². The molecule has 1 heterocycles. The van der Waals surface area contributed by atoms with E-state index in [2.05, 4.69) is 4.89 Å². The third-order valence-electron chi connectivity index (χ3n) is 1.95. The van der Waals surface area contributed by atoms with Gasteiger partial charge in [-0.2, -0.15) is 0 Å². The minimum atomic E-state index is -1.55. The molecular formula is C6H12O7. The molecule has 1 aliphatic rings. The van der Waals surface area contributed by atoms with Crippen LogP contribution in [-0.4, -0.2) is 63.0 Å². The summed E-state index contributed by atoms with van der Waals surface area (Å²) < 4.78 is 4.70. The lowest BCUT2D eigenvalue weighted by molar-refractivity contribution is -0.404. The van der Waals surface area contributed by atoms with E-state index in [1.165, 1.54) is 0 Å². The molecule has 1 rings (SSSR count). The summed E-state index contributed by atoms with van der Waals surface area (Å²) in [5.41, 5.74) is 0. The molecule has 1 aliphatic heterocycles. The van der Waals surface area contributed by atoms with Crippen molar-refractivity contribution in [3.8, 4) is 0 Å². The Balaban J connectivity index is 2.66. The van der Waals surface area contributed by atoms with E-state index in [9.17, 15) is 5.11 Å². The zero-order valence-corrected chi connectivity index (χ0v) is 6.65. The van der Waals surface area contributed by atoms with Gasteiger partial charge in [0.2, 0.25) is 6.29 Å². The van der Waals surface area contributed by atoms with Gasteiger partial charge in [-0.3, -0.25) is 0 Å². The van der Waals surface area contributed by atoms with Gasteiger partial charge in [-0.15, -0.1) is 0 Å². The summed E-state index contributed by atoms with van der Waals surface area (Å²) in [5, 5.41) is 44.4. The van der Waals surface area contributed by atoms with Crippen LogP contribution in [0.25, 0.3) is 0 Å². The molecule has 1 unspecified atom stereocenters. The molecule has 0 amide bonds. The van der Waals surface area contributed by atoms with Gasteiger partial charge in [-0.25, -0.2) is 10.1 Å². The molecule has 1 saturated heterocycles. The van der Waals surface area contributed by atoms with Gasteiger partial charge < -0.3 is 25.2 Å². The van der Waals surface area contributed by atoms with Crippen molar-refractivity contribution in [1.82, 2.24) is 0 Å². The van der Waals surface area contributed by atoms with E-state index in [-0.39, 0.29) is 0 Å². The van der Waals surface area contributed by atoms with Crippen LogP contribution in [0.15, 0.2) is 0 Å². The topological polar surface area (TPSA) is 120 Å². The smallest absolute Gasteiger partial charge is 0.220 e. The van der Waals surface area contributed by atoms with Crippen LogP contribution < -0.4 is 0 Å². The summed E-state index contributed by atoms with van der Waals surface area (Å²) in [5.74, 6) is 0. The second-order valence-electron chi connectivity index (χ2n) is 2.80. The van der Waals surface area contributed by atoms with Crippen LogP contribution >= 0.6 is 0 Å². The van der Waals surface area contributed by atoms with Gasteiger partial charge in [-0.05, 0) is 0 Å². The van der Waals surface area contributed by atoms with E-state index >= 15 is 0 Å². The highest BCUT2D eigenvalue weighted by molar-refractivity contribution is 4.88. The van der Waals surface area contributed by atoms with Crippen LogP contribution in [-0.2, 0) is 9.62 Å². The summed E-state index contributed by atoms with van der Waals surface area (Å²) in [6.07, 6.45) is -7.04. The molecule has 5 N–H and O–H groups in total. The van der Waals surface area contributed by atoms with E-state index < -0.39 is 37.3 Å². The van der Waals surface area contributed by atoms with Crippen molar-refractivity contribution in [3.63, 3.8) is 0 Å². The number of rotatable bonds is 2. The van der Waals surface area contributed by atoms with Crippen LogP contribution in [0.2, 0.25) is 0 Å². The lowest BCUT2D eigenvalue weighted by atomic mass is 9.99. The van der Waals surface area contributed by atoms with Crippen LogP contribution in [0, 0.1) is 0 Å². The fourth-order valence-electron chi connectivity index (χ4n) is 1.15. The third kappa shape index (κ3) is 1.97. The number of hydrogen-bond acceptors (Lipinski definition) is 7. The minimum Gasteiger partial charge on any atom is -0.394 e. The zero-order chi connectivity index (χ0) is 10.0. The molecule has 7 heteroatoms. The Kier molecular flexibility index (Phi) is 3.56. The van der Waals surface area contributed by atoms with Gasteiger partial charge in [0.25, 0.3) is 0 Å². The Morgan fingerprint density at radius 2 is 1.69 bits per heavy atom. The number of aliphatic hydroxyl groups excluding tert-OH is 4. The average molecular weight is 196 g/mol. The van der Waals surface area contributed by atoms with Crippen molar-refractivity contribution < 1.29 is 35.3 Å². The Morgan fingerprint density at radius 1 is 1.08 bits per heavy atom. The Morgan fingerprint density at radius 3 is 2.15 bits per heavy atom. The summed E-state index contributed by atoms with van der Waals surface area (Å²) in [4.78, 5) is 3.70. The van der Waals surface area contributed by atoms with E-state index in [0.29, 0.717) is 0 Å². The molecule has 0 bridgehead atoms. The van der Waals surface area contributed by atoms with Gasteiger partial charge >= 0.3 is 0 Å². The first-order valence-electron chi connectivity index (χ1n) is 3.72. The van der Waals surface area contributed by atoms with E-state index in [1.54, 1.807) is 0 Å². The molecule has 0 spiro atoms. The normalized spacial score (nSPS) is 46.4. The lowest BCUT2D eigenvalue weighted by Crippen LogP contribution is -2.58. The summed E-state index contributed by atoms with van der Waals surface area (Å²) in [7, 11) is 0. The maximum Gasteiger partial charge on any atom is 0.220 e. The fourth-order valence-corrected chi connectivity index (χ4v) is 1.15. The summed E-state index contributed by atoms with van der Waals surface area (Å²) in [6, 6.07) is 0. The van der Waals surface area contributed by atoms with E-state index in [0.717, 1.165) is 0 Å². The predicted octanol–water partition coefficient (Wildman–Crippen LogP) is -2.72. The molecule has 1 fully saturated rings. The minimum absolute atomic E-state index is 0.551. The maximum atomic E-state index is 9.19. The van der Waals surface area contributed by atoms with Gasteiger partial charge in [0.05, 0.1) is 6.61 Å². The first kappa shape index (κ1) is 10.8. The van der Waals surface area contributed by atoms with Crippen LogP contribution in [0.5, 0.6) is 0 Å². The van der Waals surface area contributed by atoms with Crippen LogP contribution in [0.4, 0.5) is 0 Å². The molecule has 78 valence electrons. The Bertz CT molecular complexity index is 143. The van der Waals surface area contributed by atoms with Crippen molar-refractivity contribution in [1.29, 1.82) is 0 Å². The van der Waals surface area contributed by atoms with E-state index in [4.69, 9.17) is 25.3 Å². The highest BCUT2D eigenvalue weighted by Crippen LogP contribution is 2.20. The van der Waals surface area contributed by atoms with E-state index in [1.807, 2.05) is 0 Å². The maximum absolute atomic E-state index is 9.19. The molecule has 0 saturated carbocycles. The highest BCUT2D eigenvalue weighted by Gasteiger charge is 2.44. The fraction of sp³-hybridized carbons (Fsp3) is 1.00. The van der Waals surface area contributed by atoms with Gasteiger partial charge in [-0.1, -0.05) is 0 Å². The van der Waals surface area contributed by atoms with Gasteiger partial charge in [0.1, 0.15) is 24.4 Å². The van der Waals surface area contributed by atoms with Crippen molar-refractivity contribution in [2.24, 2.45) is 0 Å². The van der Waals surface area contributed by atoms with Crippen molar-refractivity contribution in [2.45, 2.75) is 30.7 Å². The Hall–Kier alpha value is -0.280. The average Bonchev–Trinajstić information content (AvgIpc) is 2.15. The molecule has 7 nitrogen and oxygen atoms in total. The molecule has 0 aromatic rings. The molecule has 0 aromatic carbocycles. The first-order chi connectivity index (χ1) is 6.11. The second kappa shape index (κ2) is 4.29. The monoisotopic (exact) mass is 196 g/mol.